The molecule has 2 aromatic rings. The summed E-state index contributed by atoms with van der Waals surface area (Å²) in [5, 5.41) is 0. The lowest BCUT2D eigenvalue weighted by atomic mass is 10.1. The Morgan fingerprint density at radius 3 is 2.56 bits per heavy atom. The molecule has 0 radical (unpaired) electrons. The Kier molecular flexibility index (Phi) is 7.92. The van der Waals surface area contributed by atoms with Gasteiger partial charge in [0.25, 0.3) is 0 Å². The lowest BCUT2D eigenvalue weighted by Crippen LogP contribution is -2.37. The number of nitrogens with zero attached hydrogens (tertiary/aromatic N) is 1. The number of hydrogen-bond acceptors (Lipinski definition) is 4. The SMILES string of the molecule is Cl.O=C(CCN1CCOCC1)c1cccc(OCc2ccccc2)c1. The van der Waals surface area contributed by atoms with E-state index in [0.717, 1.165) is 44.2 Å². The fraction of sp³-hybridized carbons (Fsp3) is 0.350. The van der Waals surface area contributed by atoms with E-state index in [-0.39, 0.29) is 18.2 Å². The minimum absolute atomic E-state index is 0. The summed E-state index contributed by atoms with van der Waals surface area (Å²) < 4.78 is 11.1. The molecule has 134 valence electrons. The van der Waals surface area contributed by atoms with Crippen molar-refractivity contribution in [2.24, 2.45) is 0 Å². The summed E-state index contributed by atoms with van der Waals surface area (Å²) in [7, 11) is 0. The van der Waals surface area contributed by atoms with Gasteiger partial charge >= 0.3 is 0 Å². The Labute approximate surface area is 155 Å². The van der Waals surface area contributed by atoms with Crippen molar-refractivity contribution in [3.63, 3.8) is 0 Å². The highest BCUT2D eigenvalue weighted by atomic mass is 35.5. The summed E-state index contributed by atoms with van der Waals surface area (Å²) >= 11 is 0. The van der Waals surface area contributed by atoms with Crippen LogP contribution in [0.3, 0.4) is 0 Å². The van der Waals surface area contributed by atoms with Gasteiger partial charge in [0.05, 0.1) is 13.2 Å². The van der Waals surface area contributed by atoms with Crippen LogP contribution >= 0.6 is 12.4 Å². The Bertz CT molecular complexity index is 657. The molecule has 0 bridgehead atoms. The van der Waals surface area contributed by atoms with Gasteiger partial charge < -0.3 is 9.47 Å². The van der Waals surface area contributed by atoms with Crippen molar-refractivity contribution in [2.75, 3.05) is 32.8 Å². The quantitative estimate of drug-likeness (QED) is 0.706. The Hall–Kier alpha value is -1.88. The Morgan fingerprint density at radius 2 is 1.80 bits per heavy atom. The minimum atomic E-state index is 0. The van der Waals surface area contributed by atoms with E-state index in [2.05, 4.69) is 4.90 Å². The first-order chi connectivity index (χ1) is 11.8. The lowest BCUT2D eigenvalue weighted by molar-refractivity contribution is 0.0370. The predicted molar refractivity (Wildman–Crippen MR) is 101 cm³/mol. The number of benzene rings is 2. The third-order valence-corrected chi connectivity index (χ3v) is 4.16. The Morgan fingerprint density at radius 1 is 1.04 bits per heavy atom. The van der Waals surface area contributed by atoms with Gasteiger partial charge in [0.15, 0.2) is 5.78 Å². The molecule has 0 unspecified atom stereocenters. The number of halogens is 1. The maximum atomic E-state index is 12.4. The summed E-state index contributed by atoms with van der Waals surface area (Å²) in [5.74, 6) is 0.891. The topological polar surface area (TPSA) is 38.8 Å². The molecular weight excluding hydrogens is 338 g/mol. The van der Waals surface area contributed by atoms with Crippen molar-refractivity contribution < 1.29 is 14.3 Å². The normalized spacial score (nSPS) is 14.6. The number of hydrogen-bond donors (Lipinski definition) is 0. The fourth-order valence-electron chi connectivity index (χ4n) is 2.73. The van der Waals surface area contributed by atoms with Crippen LogP contribution in [0, 0.1) is 0 Å². The van der Waals surface area contributed by atoms with E-state index in [0.29, 0.717) is 18.6 Å². The van der Waals surface area contributed by atoms with Crippen molar-refractivity contribution in [1.82, 2.24) is 4.90 Å². The molecule has 25 heavy (non-hydrogen) atoms. The lowest BCUT2D eigenvalue weighted by Gasteiger charge is -2.26. The maximum Gasteiger partial charge on any atom is 0.164 e. The monoisotopic (exact) mass is 361 g/mol. The first-order valence-electron chi connectivity index (χ1n) is 8.41. The van der Waals surface area contributed by atoms with Gasteiger partial charge in [-0.3, -0.25) is 9.69 Å². The largest absolute Gasteiger partial charge is 0.489 e. The smallest absolute Gasteiger partial charge is 0.164 e. The number of morpholine rings is 1. The van der Waals surface area contributed by atoms with Crippen LogP contribution in [0.5, 0.6) is 5.75 Å². The van der Waals surface area contributed by atoms with Crippen LogP contribution in [0.15, 0.2) is 54.6 Å². The van der Waals surface area contributed by atoms with Gasteiger partial charge in [-0.1, -0.05) is 42.5 Å². The summed E-state index contributed by atoms with van der Waals surface area (Å²) in [5.41, 5.74) is 1.83. The number of Topliss-reactive ketones (excluding diaryl/α,β-unsaturated/α-hetero) is 1. The van der Waals surface area contributed by atoms with Crippen molar-refractivity contribution in [3.8, 4) is 5.75 Å². The Balaban J connectivity index is 0.00000225. The molecule has 0 spiro atoms. The van der Waals surface area contributed by atoms with Gasteiger partial charge in [0.2, 0.25) is 0 Å². The summed E-state index contributed by atoms with van der Waals surface area (Å²) in [4.78, 5) is 14.7. The molecule has 0 amide bonds. The van der Waals surface area contributed by atoms with Crippen molar-refractivity contribution in [3.05, 3.63) is 65.7 Å². The van der Waals surface area contributed by atoms with Gasteiger partial charge in [0.1, 0.15) is 12.4 Å². The molecule has 0 saturated carbocycles. The summed E-state index contributed by atoms with van der Waals surface area (Å²) in [6, 6.07) is 17.5. The molecule has 5 heteroatoms. The molecule has 4 nitrogen and oxygen atoms in total. The highest BCUT2D eigenvalue weighted by Gasteiger charge is 2.13. The van der Waals surface area contributed by atoms with E-state index in [1.54, 1.807) is 0 Å². The van der Waals surface area contributed by atoms with Crippen LogP contribution in [-0.4, -0.2) is 43.5 Å². The van der Waals surface area contributed by atoms with Crippen LogP contribution in [0.4, 0.5) is 0 Å². The van der Waals surface area contributed by atoms with Crippen LogP contribution in [0.1, 0.15) is 22.3 Å². The average Bonchev–Trinajstić information content (AvgIpc) is 2.66. The van der Waals surface area contributed by atoms with Crippen LogP contribution in [0.2, 0.25) is 0 Å². The van der Waals surface area contributed by atoms with Crippen LogP contribution < -0.4 is 4.74 Å². The van der Waals surface area contributed by atoms with E-state index < -0.39 is 0 Å². The van der Waals surface area contributed by atoms with E-state index >= 15 is 0 Å². The zero-order chi connectivity index (χ0) is 16.6. The second-order valence-electron chi connectivity index (χ2n) is 5.93. The molecule has 1 saturated heterocycles. The molecule has 0 aliphatic carbocycles. The van der Waals surface area contributed by atoms with Gasteiger partial charge in [-0.05, 0) is 17.7 Å². The second kappa shape index (κ2) is 10.2. The molecular formula is C20H24ClNO3. The third-order valence-electron chi connectivity index (χ3n) is 4.16. The second-order valence-corrected chi connectivity index (χ2v) is 5.93. The molecule has 1 heterocycles. The highest BCUT2D eigenvalue weighted by molar-refractivity contribution is 5.96. The molecule has 0 atom stereocenters. The number of rotatable bonds is 7. The number of carbonyl (C=O) groups is 1. The fourth-order valence-corrected chi connectivity index (χ4v) is 2.73. The summed E-state index contributed by atoms with van der Waals surface area (Å²) in [6.45, 7) is 4.64. The van der Waals surface area contributed by atoms with Crippen molar-refractivity contribution in [1.29, 1.82) is 0 Å². The highest BCUT2D eigenvalue weighted by Crippen LogP contribution is 2.17. The zero-order valence-corrected chi connectivity index (χ0v) is 15.0. The molecule has 2 aromatic carbocycles. The number of ether oxygens (including phenoxy) is 2. The molecule has 0 aromatic heterocycles. The van der Waals surface area contributed by atoms with Gasteiger partial charge in [-0.25, -0.2) is 0 Å². The van der Waals surface area contributed by atoms with E-state index in [1.807, 2.05) is 54.6 Å². The van der Waals surface area contributed by atoms with Gasteiger partial charge in [-0.2, -0.15) is 0 Å². The first kappa shape index (κ1) is 19.4. The van der Waals surface area contributed by atoms with Gasteiger partial charge in [0, 0.05) is 31.6 Å². The molecule has 1 aliphatic heterocycles. The standard InChI is InChI=1S/C20H23NO3.ClH/c22-20(9-10-21-11-13-23-14-12-21)18-7-4-8-19(15-18)24-16-17-5-2-1-3-6-17;/h1-8,15H,9-14,16H2;1H. The first-order valence-corrected chi connectivity index (χ1v) is 8.41. The van der Waals surface area contributed by atoms with Gasteiger partial charge in [-0.15, -0.1) is 12.4 Å². The molecule has 1 fully saturated rings. The number of ketones is 1. The van der Waals surface area contributed by atoms with E-state index in [1.165, 1.54) is 0 Å². The maximum absolute atomic E-state index is 12.4. The van der Waals surface area contributed by atoms with E-state index in [4.69, 9.17) is 9.47 Å². The zero-order valence-electron chi connectivity index (χ0n) is 14.2. The van der Waals surface area contributed by atoms with Crippen molar-refractivity contribution >= 4 is 18.2 Å². The van der Waals surface area contributed by atoms with E-state index in [9.17, 15) is 4.79 Å². The number of carbonyl (C=O) groups excluding carboxylic acids is 1. The molecule has 3 rings (SSSR count). The predicted octanol–water partition coefficient (Wildman–Crippen LogP) is 3.59. The van der Waals surface area contributed by atoms with Crippen molar-refractivity contribution in [2.45, 2.75) is 13.0 Å². The van der Waals surface area contributed by atoms with Crippen LogP contribution in [0.25, 0.3) is 0 Å². The average molecular weight is 362 g/mol. The molecule has 1 aliphatic rings. The van der Waals surface area contributed by atoms with Crippen LogP contribution in [-0.2, 0) is 11.3 Å². The summed E-state index contributed by atoms with van der Waals surface area (Å²) in [6.07, 6.45) is 0.530. The third kappa shape index (κ3) is 6.16. The molecule has 0 N–H and O–H groups in total. The minimum Gasteiger partial charge on any atom is -0.489 e.